The van der Waals surface area contributed by atoms with E-state index in [4.69, 9.17) is 9.47 Å². The molecule has 3 rings (SSSR count). The van der Waals surface area contributed by atoms with Crippen LogP contribution in [0.15, 0.2) is 53.7 Å². The number of hydrogen-bond donors (Lipinski definition) is 0. The largest absolute Gasteiger partial charge is 1.00 e. The lowest BCUT2D eigenvalue weighted by atomic mass is 10.0. The number of hydrogen-bond acceptors (Lipinski definition) is 4. The first-order valence-corrected chi connectivity index (χ1v) is 9.94. The van der Waals surface area contributed by atoms with Crippen LogP contribution in [0.3, 0.4) is 0 Å². The van der Waals surface area contributed by atoms with Gasteiger partial charge in [0.15, 0.2) is 11.4 Å². The molecular weight excluding hydrogens is 408 g/mol. The van der Waals surface area contributed by atoms with Gasteiger partial charge in [-0.2, -0.15) is 0 Å². The normalized spacial score (nSPS) is 10.4. The van der Waals surface area contributed by atoms with E-state index < -0.39 is 0 Å². The van der Waals surface area contributed by atoms with Gasteiger partial charge in [-0.1, -0.05) is 0 Å². The second-order valence-corrected chi connectivity index (χ2v) is 7.49. The molecule has 0 unspecified atom stereocenters. The third kappa shape index (κ3) is 4.77. The van der Waals surface area contributed by atoms with Crippen molar-refractivity contribution in [1.82, 2.24) is 4.57 Å². The number of thioether (sulfide) groups is 1. The molecule has 1 aromatic heterocycles. The van der Waals surface area contributed by atoms with Gasteiger partial charge in [0.05, 0.1) is 34.1 Å². The molecular formula is C22H25ClN2O3S. The molecule has 0 atom stereocenters. The van der Waals surface area contributed by atoms with Crippen LogP contribution < -0.4 is 26.4 Å². The topological polar surface area (TPSA) is 44.3 Å². The molecule has 0 bridgehead atoms. The minimum Gasteiger partial charge on any atom is -1.00 e. The van der Waals surface area contributed by atoms with Crippen molar-refractivity contribution in [2.24, 2.45) is 14.1 Å². The van der Waals surface area contributed by atoms with Crippen molar-refractivity contribution < 1.29 is 31.2 Å². The summed E-state index contributed by atoms with van der Waals surface area (Å²) in [5.41, 5.74) is 4.33. The van der Waals surface area contributed by atoms with Gasteiger partial charge in [0.2, 0.25) is 0 Å². The van der Waals surface area contributed by atoms with Crippen molar-refractivity contribution in [1.29, 1.82) is 0 Å². The van der Waals surface area contributed by atoms with Crippen molar-refractivity contribution in [3.05, 3.63) is 48.5 Å². The van der Waals surface area contributed by atoms with Gasteiger partial charge in [0.25, 0.3) is 0 Å². The average Bonchev–Trinajstić information content (AvgIpc) is 2.96. The zero-order valence-electron chi connectivity index (χ0n) is 17.2. The number of imidazole rings is 1. The standard InChI is InChI=1S/C22H25N2O3S.ClH/c1-15(25)14-28-22-23(2)20(16-6-10-18(26-4)11-7-16)21(24(22)3)17-8-12-19(27-5)13-9-17;/h6-13H,14H2,1-5H3;1H/q+1;/p-1. The molecule has 0 fully saturated rings. The van der Waals surface area contributed by atoms with Crippen molar-refractivity contribution in [2.75, 3.05) is 20.0 Å². The summed E-state index contributed by atoms with van der Waals surface area (Å²) in [6, 6.07) is 16.1. The highest BCUT2D eigenvalue weighted by atomic mass is 35.5. The molecule has 0 radical (unpaired) electrons. The molecule has 0 saturated carbocycles. The van der Waals surface area contributed by atoms with Crippen LogP contribution in [0.1, 0.15) is 6.92 Å². The molecule has 7 heteroatoms. The van der Waals surface area contributed by atoms with E-state index in [0.29, 0.717) is 5.75 Å². The summed E-state index contributed by atoms with van der Waals surface area (Å²) in [4.78, 5) is 11.5. The lowest BCUT2D eigenvalue weighted by molar-refractivity contribution is -0.698. The molecule has 2 aromatic carbocycles. The van der Waals surface area contributed by atoms with Crippen LogP contribution in [0.2, 0.25) is 0 Å². The van der Waals surface area contributed by atoms with Crippen LogP contribution >= 0.6 is 11.8 Å². The van der Waals surface area contributed by atoms with E-state index in [1.54, 1.807) is 32.9 Å². The van der Waals surface area contributed by atoms with Crippen molar-refractivity contribution in [3.8, 4) is 34.0 Å². The third-order valence-corrected chi connectivity index (χ3v) is 5.96. The van der Waals surface area contributed by atoms with Crippen LogP contribution in [-0.2, 0) is 18.9 Å². The maximum atomic E-state index is 11.5. The zero-order valence-corrected chi connectivity index (χ0v) is 18.8. The van der Waals surface area contributed by atoms with Crippen LogP contribution in [-0.4, -0.2) is 30.3 Å². The van der Waals surface area contributed by atoms with E-state index in [2.05, 4.69) is 33.4 Å². The predicted octanol–water partition coefficient (Wildman–Crippen LogP) is 0.886. The van der Waals surface area contributed by atoms with E-state index in [0.717, 1.165) is 39.2 Å². The van der Waals surface area contributed by atoms with Gasteiger partial charge in [0, 0.05) is 11.1 Å². The van der Waals surface area contributed by atoms with Crippen molar-refractivity contribution in [2.45, 2.75) is 12.1 Å². The predicted molar refractivity (Wildman–Crippen MR) is 112 cm³/mol. The summed E-state index contributed by atoms with van der Waals surface area (Å²) in [6.07, 6.45) is 0. The zero-order chi connectivity index (χ0) is 20.3. The molecule has 0 saturated heterocycles. The van der Waals surface area contributed by atoms with E-state index in [1.165, 1.54) is 0 Å². The third-order valence-electron chi connectivity index (χ3n) is 4.60. The van der Waals surface area contributed by atoms with Gasteiger partial charge < -0.3 is 21.9 Å². The van der Waals surface area contributed by atoms with E-state index in [-0.39, 0.29) is 18.2 Å². The maximum Gasteiger partial charge on any atom is 0.319 e. The Kier molecular flexibility index (Phi) is 7.76. The number of ether oxygens (including phenoxy) is 2. The summed E-state index contributed by atoms with van der Waals surface area (Å²) in [5.74, 6) is 2.23. The molecule has 154 valence electrons. The lowest BCUT2D eigenvalue weighted by Gasteiger charge is -2.05. The monoisotopic (exact) mass is 432 g/mol. The SMILES string of the molecule is COc1ccc(-c2c(-c3ccc(OC)cc3)[n+](C)c(SCC(C)=O)n2C)cc1.[Cl-]. The molecule has 0 amide bonds. The number of rotatable bonds is 7. The number of methoxy groups -OCH3 is 2. The summed E-state index contributed by atoms with van der Waals surface area (Å²) in [6.45, 7) is 1.62. The number of nitrogens with zero attached hydrogens (tertiary/aromatic N) is 2. The average molecular weight is 433 g/mol. The fraction of sp³-hybridized carbons (Fsp3) is 0.273. The molecule has 1 heterocycles. The van der Waals surface area contributed by atoms with Crippen LogP contribution in [0.25, 0.3) is 22.5 Å². The summed E-state index contributed by atoms with van der Waals surface area (Å²) < 4.78 is 14.9. The van der Waals surface area contributed by atoms with E-state index in [9.17, 15) is 4.79 Å². The highest BCUT2D eigenvalue weighted by molar-refractivity contribution is 7.99. The van der Waals surface area contributed by atoms with E-state index in [1.807, 2.05) is 38.4 Å². The van der Waals surface area contributed by atoms with Gasteiger partial charge >= 0.3 is 5.16 Å². The smallest absolute Gasteiger partial charge is 0.319 e. The molecule has 3 aromatic rings. The summed E-state index contributed by atoms with van der Waals surface area (Å²) >= 11 is 1.55. The lowest BCUT2D eigenvalue weighted by Crippen LogP contribution is -3.00. The van der Waals surface area contributed by atoms with Gasteiger partial charge in [-0.25, -0.2) is 9.13 Å². The fourth-order valence-electron chi connectivity index (χ4n) is 3.25. The van der Waals surface area contributed by atoms with Crippen LogP contribution in [0.4, 0.5) is 0 Å². The first-order valence-electron chi connectivity index (χ1n) is 8.96. The minimum atomic E-state index is 0. The number of ketones is 1. The second-order valence-electron chi connectivity index (χ2n) is 6.55. The second kappa shape index (κ2) is 9.85. The Hall–Kier alpha value is -2.44. The van der Waals surface area contributed by atoms with Gasteiger partial charge in [-0.05, 0) is 67.2 Å². The molecule has 5 nitrogen and oxygen atoms in total. The van der Waals surface area contributed by atoms with Crippen LogP contribution in [0, 0.1) is 0 Å². The number of benzene rings is 2. The number of aromatic nitrogens is 2. The Morgan fingerprint density at radius 2 is 1.45 bits per heavy atom. The van der Waals surface area contributed by atoms with Gasteiger partial charge in [-0.3, -0.25) is 4.79 Å². The maximum absolute atomic E-state index is 11.5. The Morgan fingerprint density at radius 3 is 1.90 bits per heavy atom. The first-order chi connectivity index (χ1) is 13.5. The summed E-state index contributed by atoms with van der Waals surface area (Å²) in [7, 11) is 7.40. The van der Waals surface area contributed by atoms with Gasteiger partial charge in [0.1, 0.15) is 17.3 Å². The van der Waals surface area contributed by atoms with Crippen molar-refractivity contribution >= 4 is 17.5 Å². The molecule has 0 aliphatic rings. The number of carbonyl (C=O) groups is 1. The molecule has 0 aliphatic heterocycles. The summed E-state index contributed by atoms with van der Waals surface area (Å²) in [5, 5.41) is 1.02. The van der Waals surface area contributed by atoms with Gasteiger partial charge in [-0.15, -0.1) is 0 Å². The minimum absolute atomic E-state index is 0. The fourth-order valence-corrected chi connectivity index (χ4v) is 4.15. The number of Topliss-reactive ketones (excluding diaryl/α,β-unsaturated/α-hetero) is 1. The number of carbonyl (C=O) groups excluding carboxylic acids is 1. The first kappa shape index (κ1) is 22.8. The molecule has 0 spiro atoms. The highest BCUT2D eigenvalue weighted by Gasteiger charge is 2.29. The molecule has 0 aliphatic carbocycles. The Morgan fingerprint density at radius 1 is 0.966 bits per heavy atom. The Labute approximate surface area is 182 Å². The quantitative estimate of drug-likeness (QED) is 0.411. The Bertz CT molecular complexity index is 912. The van der Waals surface area contributed by atoms with E-state index >= 15 is 0 Å². The molecule has 29 heavy (non-hydrogen) atoms. The Balaban J connectivity index is 0.00000300. The molecule has 0 N–H and O–H groups in total. The number of halogens is 1. The van der Waals surface area contributed by atoms with Crippen molar-refractivity contribution in [3.63, 3.8) is 0 Å². The highest BCUT2D eigenvalue weighted by Crippen LogP contribution is 2.35. The van der Waals surface area contributed by atoms with Crippen LogP contribution in [0.5, 0.6) is 11.5 Å².